The number of nitrogens with zero attached hydrogens (tertiary/aromatic N) is 3. The van der Waals surface area contributed by atoms with Gasteiger partial charge in [0.1, 0.15) is 47.0 Å². The maximum atomic E-state index is 15.2. The molecule has 0 aliphatic heterocycles. The zero-order valence-electron chi connectivity index (χ0n) is 42.5. The number of hydrogen-bond acceptors (Lipinski definition) is 15. The molecule has 0 bridgehead atoms. The van der Waals surface area contributed by atoms with Gasteiger partial charge in [-0.05, 0) is 127 Å². The molecule has 0 radical (unpaired) electrons. The number of carbonyl (C=O) groups is 4. The number of halogens is 1. The van der Waals surface area contributed by atoms with Crippen molar-refractivity contribution in [3.63, 3.8) is 0 Å². The average molecular weight is 1070 g/mol. The number of esters is 4. The van der Waals surface area contributed by atoms with Crippen molar-refractivity contribution in [2.24, 2.45) is 0 Å². The maximum absolute atomic E-state index is 15.2. The first kappa shape index (κ1) is 54.5. The van der Waals surface area contributed by atoms with Gasteiger partial charge in [-0.2, -0.15) is 0 Å². The Hall–Kier alpha value is -8.78. The average Bonchev–Trinajstić information content (AvgIpc) is 4.10. The summed E-state index contributed by atoms with van der Waals surface area (Å²) in [5, 5.41) is 12.0. The molecule has 0 saturated heterocycles. The summed E-state index contributed by atoms with van der Waals surface area (Å²) in [5.74, 6) is 4.88. The smallest absolute Gasteiger partial charge is 0.343 e. The highest BCUT2D eigenvalue weighted by molar-refractivity contribution is 7.19. The monoisotopic (exact) mass is 1070 g/mol. The summed E-state index contributed by atoms with van der Waals surface area (Å²) in [6.45, 7) is 16.8. The Labute approximate surface area is 452 Å². The zero-order chi connectivity index (χ0) is 54.4. The van der Waals surface area contributed by atoms with Crippen LogP contribution < -0.4 is 18.9 Å². The largest absolute Gasteiger partial charge is 0.493 e. The van der Waals surface area contributed by atoms with Crippen molar-refractivity contribution in [1.29, 1.82) is 0 Å². The number of carbonyl (C=O) groups excluding carboxylic acids is 4. The van der Waals surface area contributed by atoms with Crippen molar-refractivity contribution < 1.29 is 52.0 Å². The highest BCUT2D eigenvalue weighted by atomic mass is 32.1. The molecular weight excluding hydrogens is 1020 g/mol. The summed E-state index contributed by atoms with van der Waals surface area (Å²) in [7, 11) is 0. The van der Waals surface area contributed by atoms with Gasteiger partial charge in [0.25, 0.3) is 0 Å². The predicted molar refractivity (Wildman–Crippen MR) is 296 cm³/mol. The van der Waals surface area contributed by atoms with Crippen LogP contribution in [0.1, 0.15) is 76.1 Å². The minimum atomic E-state index is -0.703. The van der Waals surface area contributed by atoms with E-state index in [0.29, 0.717) is 66.7 Å². The van der Waals surface area contributed by atoms with Gasteiger partial charge in [0.2, 0.25) is 0 Å². The lowest BCUT2D eigenvalue weighted by molar-refractivity contribution is -0.139. The van der Waals surface area contributed by atoms with Crippen LogP contribution in [0.5, 0.6) is 23.0 Å². The number of allylic oxidation sites excluding steroid dienone is 1. The van der Waals surface area contributed by atoms with Crippen LogP contribution in [0.4, 0.5) is 4.39 Å². The van der Waals surface area contributed by atoms with Gasteiger partial charge in [-0.3, -0.25) is 4.79 Å². The molecule has 0 spiro atoms. The van der Waals surface area contributed by atoms with Gasteiger partial charge in [0.05, 0.1) is 35.4 Å². The Morgan fingerprint density at radius 1 is 0.753 bits per heavy atom. The van der Waals surface area contributed by atoms with E-state index >= 15 is 4.39 Å². The van der Waals surface area contributed by atoms with E-state index < -0.39 is 29.7 Å². The lowest BCUT2D eigenvalue weighted by Crippen LogP contribution is -2.11. The number of rotatable bonds is 22. The first-order valence-corrected chi connectivity index (χ1v) is 26.1. The number of aromatic nitrogens is 3. The molecule has 6 aromatic carbocycles. The zero-order valence-corrected chi connectivity index (χ0v) is 44.2. The molecular formula is C61H52FN3O10S2. The second-order valence-electron chi connectivity index (χ2n) is 17.7. The fraction of sp³-hybridized carbons (Fsp3) is 0.197. The van der Waals surface area contributed by atoms with Crippen LogP contribution in [0, 0.1) is 24.6 Å². The van der Waals surface area contributed by atoms with Crippen LogP contribution in [0.15, 0.2) is 147 Å². The van der Waals surface area contributed by atoms with Gasteiger partial charge in [-0.25, -0.2) is 23.8 Å². The molecule has 0 amide bonds. The van der Waals surface area contributed by atoms with E-state index in [2.05, 4.69) is 60.8 Å². The van der Waals surface area contributed by atoms with Crippen molar-refractivity contribution in [3.8, 4) is 56.5 Å². The Bertz CT molecular complexity index is 3610. The van der Waals surface area contributed by atoms with Crippen LogP contribution in [0.3, 0.4) is 0 Å². The summed E-state index contributed by atoms with van der Waals surface area (Å²) < 4.78 is 50.3. The van der Waals surface area contributed by atoms with E-state index in [1.165, 1.54) is 40.4 Å². The molecule has 8 rings (SSSR count). The molecule has 2 aromatic heterocycles. The van der Waals surface area contributed by atoms with E-state index in [1.807, 2.05) is 55.5 Å². The Balaban J connectivity index is 1.06. The molecule has 1 unspecified atom stereocenters. The third-order valence-corrected chi connectivity index (χ3v) is 13.7. The van der Waals surface area contributed by atoms with E-state index in [4.69, 9.17) is 33.4 Å². The molecule has 13 nitrogen and oxygen atoms in total. The number of benzene rings is 6. The highest BCUT2D eigenvalue weighted by Crippen LogP contribution is 2.44. The molecule has 390 valence electrons. The lowest BCUT2D eigenvalue weighted by atomic mass is 9.95. The standard InChI is InChI=1S/C61H52FN3O10S2/c1-7-10-39(6)41-18-23-51-53(33-41)76-54(63-51)24-25-55-64-65-59(77-55)49-34-48(70-27-9-28-73-60(68)37(3)4)36-52(71-29-30-72-56(66)8-2)58(49)44-15-13-43-32-45(16-14-42(43)31-44)61(69)75-47-22-17-40(50(62)35-47)19-26-57(67)74-46-20-11-38(5)12-21-46/h7-8,11-18,20-23,31-36,39H,1-3,9-10,19,26-30H2,4-6H3. The van der Waals surface area contributed by atoms with Crippen LogP contribution in [-0.2, 0) is 30.3 Å². The third kappa shape index (κ3) is 14.5. The normalized spacial score (nSPS) is 11.2. The van der Waals surface area contributed by atoms with Crippen molar-refractivity contribution in [3.05, 3.63) is 185 Å². The Kier molecular flexibility index (Phi) is 18.1. The topological polar surface area (TPSA) is 162 Å². The second kappa shape index (κ2) is 25.6. The van der Waals surface area contributed by atoms with Crippen LogP contribution in [-0.4, -0.2) is 65.5 Å². The molecule has 8 aromatic rings. The highest BCUT2D eigenvalue weighted by Gasteiger charge is 2.22. The molecule has 0 aliphatic rings. The van der Waals surface area contributed by atoms with Crippen LogP contribution >= 0.6 is 22.7 Å². The maximum Gasteiger partial charge on any atom is 0.343 e. The van der Waals surface area contributed by atoms with Crippen LogP contribution in [0.2, 0.25) is 0 Å². The van der Waals surface area contributed by atoms with E-state index in [1.54, 1.807) is 43.3 Å². The third-order valence-electron chi connectivity index (χ3n) is 11.9. The summed E-state index contributed by atoms with van der Waals surface area (Å²) in [6.07, 6.45) is 4.26. The van der Waals surface area contributed by atoms with E-state index in [0.717, 1.165) is 39.7 Å². The second-order valence-corrected chi connectivity index (χ2v) is 19.7. The Morgan fingerprint density at radius 2 is 1.53 bits per heavy atom. The molecule has 0 fully saturated rings. The minimum Gasteiger partial charge on any atom is -0.493 e. The summed E-state index contributed by atoms with van der Waals surface area (Å²) in [4.78, 5) is 54.6. The van der Waals surface area contributed by atoms with Crippen molar-refractivity contribution in [1.82, 2.24) is 15.2 Å². The number of hydrogen-bond donors (Lipinski definition) is 0. The predicted octanol–water partition coefficient (Wildman–Crippen LogP) is 12.9. The lowest BCUT2D eigenvalue weighted by Gasteiger charge is -2.18. The number of fused-ring (bicyclic) bond motifs is 2. The van der Waals surface area contributed by atoms with Crippen molar-refractivity contribution in [2.45, 2.75) is 52.4 Å². The molecule has 1 atom stereocenters. The van der Waals surface area contributed by atoms with E-state index in [9.17, 15) is 19.2 Å². The van der Waals surface area contributed by atoms with Gasteiger partial charge >= 0.3 is 23.9 Å². The van der Waals surface area contributed by atoms with Gasteiger partial charge in [0, 0.05) is 41.3 Å². The molecule has 2 heterocycles. The van der Waals surface area contributed by atoms with Crippen molar-refractivity contribution in [2.75, 3.05) is 26.4 Å². The summed E-state index contributed by atoms with van der Waals surface area (Å²) >= 11 is 2.76. The van der Waals surface area contributed by atoms with Crippen molar-refractivity contribution >= 4 is 67.5 Å². The molecule has 0 N–H and O–H groups in total. The number of thiazole rings is 1. The van der Waals surface area contributed by atoms with Gasteiger partial charge in [0.15, 0.2) is 10.0 Å². The quantitative estimate of drug-likeness (QED) is 0.0158. The fourth-order valence-corrected chi connectivity index (χ4v) is 9.42. The van der Waals surface area contributed by atoms with Crippen LogP contribution in [0.25, 0.3) is 42.7 Å². The summed E-state index contributed by atoms with van der Waals surface area (Å²) in [5.41, 5.74) is 5.74. The number of aryl methyl sites for hydroxylation is 2. The van der Waals surface area contributed by atoms with Gasteiger partial charge < -0.3 is 28.4 Å². The molecule has 0 aliphatic carbocycles. The summed E-state index contributed by atoms with van der Waals surface area (Å²) in [6, 6.07) is 31.6. The first-order chi connectivity index (χ1) is 37.2. The number of ether oxygens (including phenoxy) is 6. The first-order valence-electron chi connectivity index (χ1n) is 24.5. The Morgan fingerprint density at radius 3 is 2.31 bits per heavy atom. The molecule has 77 heavy (non-hydrogen) atoms. The molecule has 0 saturated carbocycles. The fourth-order valence-electron chi connectivity index (χ4n) is 7.83. The minimum absolute atomic E-state index is 0.00209. The van der Waals surface area contributed by atoms with E-state index in [-0.39, 0.29) is 61.7 Å². The van der Waals surface area contributed by atoms with Gasteiger partial charge in [-0.15, -0.1) is 28.1 Å². The SMILES string of the molecule is C=CCC(C)c1ccc2nc(C#Cc3nnc(-c4cc(OCCCOC(=O)C(=C)C)cc(OCCOC(=O)C=C)c4-c4ccc5cc(C(=O)Oc6ccc(CCC(=O)Oc7ccc(C)cc7)c(F)c6)ccc5c4)s3)sc2c1. The van der Waals surface area contributed by atoms with Gasteiger partial charge in [-0.1, -0.05) is 85.5 Å². The molecule has 16 heteroatoms.